The Kier molecular flexibility index (Phi) is 9.91. The number of aromatic nitrogens is 1. The van der Waals surface area contributed by atoms with Gasteiger partial charge >= 0.3 is 12.3 Å². The van der Waals surface area contributed by atoms with Crippen molar-refractivity contribution in [3.63, 3.8) is 0 Å². The molecule has 0 spiro atoms. The molecule has 1 aromatic heterocycles. The second-order valence-electron chi connectivity index (χ2n) is 8.69. The number of carbonyl (C=O) groups excluding carboxylic acids is 1. The molecule has 2 saturated heterocycles. The molecule has 1 amide bonds. The van der Waals surface area contributed by atoms with Gasteiger partial charge in [-0.05, 0) is 62.3 Å². The average molecular weight is 512 g/mol. The van der Waals surface area contributed by atoms with Crippen molar-refractivity contribution in [1.29, 1.82) is 0 Å². The van der Waals surface area contributed by atoms with Gasteiger partial charge in [0.2, 0.25) is 0 Å². The van der Waals surface area contributed by atoms with E-state index in [1.54, 1.807) is 12.1 Å². The monoisotopic (exact) mass is 511 g/mol. The lowest BCUT2D eigenvalue weighted by molar-refractivity contribution is -0.206. The number of rotatable bonds is 8. The Morgan fingerprint density at radius 1 is 1.25 bits per heavy atom. The number of aliphatic hydroxyl groups is 1. The van der Waals surface area contributed by atoms with E-state index in [1.807, 2.05) is 18.5 Å². The summed E-state index contributed by atoms with van der Waals surface area (Å²) in [6.45, 7) is 1.59. The van der Waals surface area contributed by atoms with Gasteiger partial charge in [0.1, 0.15) is 11.9 Å². The zero-order chi connectivity index (χ0) is 26.1. The molecule has 2 aliphatic rings. The van der Waals surface area contributed by atoms with Gasteiger partial charge in [0.25, 0.3) is 0 Å². The van der Waals surface area contributed by atoms with E-state index in [0.29, 0.717) is 30.6 Å². The van der Waals surface area contributed by atoms with Gasteiger partial charge in [0.15, 0.2) is 6.10 Å². The predicted molar refractivity (Wildman–Crippen MR) is 127 cm³/mol. The third kappa shape index (κ3) is 7.81. The van der Waals surface area contributed by atoms with Gasteiger partial charge in [-0.1, -0.05) is 6.07 Å². The van der Waals surface area contributed by atoms with Crippen LogP contribution in [0, 0.1) is 0 Å². The van der Waals surface area contributed by atoms with Crippen LogP contribution in [0.3, 0.4) is 0 Å². The Morgan fingerprint density at radius 2 is 2.00 bits per heavy atom. The molecule has 0 radical (unpaired) electrons. The van der Waals surface area contributed by atoms with E-state index < -0.39 is 24.8 Å². The highest BCUT2D eigenvalue weighted by molar-refractivity contribution is 5.89. The van der Waals surface area contributed by atoms with Crippen molar-refractivity contribution in [3.05, 3.63) is 54.4 Å². The highest BCUT2D eigenvalue weighted by Gasteiger charge is 2.37. The summed E-state index contributed by atoms with van der Waals surface area (Å²) < 4.78 is 51.7. The zero-order valence-electron chi connectivity index (χ0n) is 20.4. The summed E-state index contributed by atoms with van der Waals surface area (Å²) >= 11 is 0. The van der Waals surface area contributed by atoms with Crippen molar-refractivity contribution >= 4 is 11.8 Å². The quantitative estimate of drug-likeness (QED) is 0.569. The normalized spacial score (nSPS) is 21.1. The first-order valence-corrected chi connectivity index (χ1v) is 11.7. The molecule has 0 unspecified atom stereocenters. The molecule has 8 nitrogen and oxygen atoms in total. The minimum Gasteiger partial charge on any atom is -0.493 e. The molecule has 0 saturated carbocycles. The van der Waals surface area contributed by atoms with Crippen LogP contribution >= 0.6 is 0 Å². The molecule has 1 aromatic carbocycles. The number of cyclic esters (lactones) is 1. The Labute approximate surface area is 208 Å². The molecule has 4 rings (SSSR count). The first kappa shape index (κ1) is 27.7. The lowest BCUT2D eigenvalue weighted by Crippen LogP contribution is -2.30. The van der Waals surface area contributed by atoms with Gasteiger partial charge in [0, 0.05) is 37.7 Å². The Hall–Kier alpha value is -2.89. The van der Waals surface area contributed by atoms with Gasteiger partial charge in [-0.2, -0.15) is 13.2 Å². The molecular formula is C25H32F3N3O5. The lowest BCUT2D eigenvalue weighted by Gasteiger charge is -2.18. The number of aliphatic hydroxyl groups excluding tert-OH is 1. The SMILES string of the molecule is CN1CCC[C@H]1c1cccnc1.COC[C@H]1CN(c2ccc(OCC[C@@H](O)C(F)(F)F)cc2)C(=O)O1. The zero-order valence-corrected chi connectivity index (χ0v) is 20.4. The minimum atomic E-state index is -4.65. The fraction of sp³-hybridized carbons (Fsp3) is 0.520. The summed E-state index contributed by atoms with van der Waals surface area (Å²) in [7, 11) is 3.70. The Balaban J connectivity index is 0.000000249. The first-order chi connectivity index (χ1) is 17.2. The van der Waals surface area contributed by atoms with Crippen LogP contribution in [-0.4, -0.2) is 79.9 Å². The number of benzene rings is 1. The van der Waals surface area contributed by atoms with Crippen molar-refractivity contribution in [2.24, 2.45) is 0 Å². The van der Waals surface area contributed by atoms with Crippen LogP contribution in [0.15, 0.2) is 48.8 Å². The largest absolute Gasteiger partial charge is 0.493 e. The molecule has 2 aromatic rings. The second kappa shape index (κ2) is 12.9. The Morgan fingerprint density at radius 3 is 2.58 bits per heavy atom. The van der Waals surface area contributed by atoms with Gasteiger partial charge in [-0.3, -0.25) is 14.8 Å². The van der Waals surface area contributed by atoms with Gasteiger partial charge in [-0.15, -0.1) is 0 Å². The standard InChI is InChI=1S/C15H18F3NO5.C10H14N2/c1-22-9-12-8-19(14(21)24-12)10-2-4-11(5-3-10)23-7-6-13(20)15(16,17)18;1-12-7-3-5-10(12)9-4-2-6-11-8-9/h2-5,12-13,20H,6-9H2,1H3;2,4,6,8,10H,3,5,7H2,1H3/t12-,13-;10-/m10/s1. The van der Waals surface area contributed by atoms with E-state index in [0.717, 1.165) is 0 Å². The van der Waals surface area contributed by atoms with E-state index in [-0.39, 0.29) is 12.7 Å². The van der Waals surface area contributed by atoms with Crippen LogP contribution in [0.4, 0.5) is 23.7 Å². The Bertz CT molecular complexity index is 946. The molecule has 0 aliphatic carbocycles. The van der Waals surface area contributed by atoms with Crippen LogP contribution in [0.2, 0.25) is 0 Å². The number of carbonyl (C=O) groups is 1. The molecule has 36 heavy (non-hydrogen) atoms. The van der Waals surface area contributed by atoms with Crippen molar-refractivity contribution in [2.75, 3.05) is 45.4 Å². The van der Waals surface area contributed by atoms with Crippen LogP contribution in [0.25, 0.3) is 0 Å². The predicted octanol–water partition coefficient (Wildman–Crippen LogP) is 4.20. The smallest absolute Gasteiger partial charge is 0.414 e. The van der Waals surface area contributed by atoms with Gasteiger partial charge in [-0.25, -0.2) is 4.79 Å². The number of pyridine rings is 1. The highest BCUT2D eigenvalue weighted by Crippen LogP contribution is 2.29. The maximum absolute atomic E-state index is 12.2. The highest BCUT2D eigenvalue weighted by atomic mass is 19.4. The maximum atomic E-state index is 12.2. The third-order valence-electron chi connectivity index (χ3n) is 6.00. The summed E-state index contributed by atoms with van der Waals surface area (Å²) in [4.78, 5) is 19.7. The third-order valence-corrected chi connectivity index (χ3v) is 6.00. The fourth-order valence-electron chi connectivity index (χ4n) is 4.08. The van der Waals surface area contributed by atoms with E-state index in [4.69, 9.17) is 19.3 Å². The number of nitrogens with zero attached hydrogens (tertiary/aromatic N) is 3. The van der Waals surface area contributed by atoms with Crippen LogP contribution in [0.1, 0.15) is 30.9 Å². The molecule has 1 N–H and O–H groups in total. The average Bonchev–Trinajstić information content (AvgIpc) is 3.45. The van der Waals surface area contributed by atoms with Gasteiger partial charge < -0.3 is 19.3 Å². The van der Waals surface area contributed by atoms with E-state index in [1.165, 1.54) is 49.1 Å². The van der Waals surface area contributed by atoms with Crippen molar-refractivity contribution in [2.45, 2.75) is 43.7 Å². The molecule has 198 valence electrons. The van der Waals surface area contributed by atoms with Crippen molar-refractivity contribution < 1.29 is 37.3 Å². The molecule has 2 aliphatic heterocycles. The van der Waals surface area contributed by atoms with E-state index in [2.05, 4.69) is 23.0 Å². The number of anilines is 1. The number of alkyl halides is 3. The molecule has 0 bridgehead atoms. The maximum Gasteiger partial charge on any atom is 0.414 e. The number of hydrogen-bond acceptors (Lipinski definition) is 7. The number of amides is 1. The van der Waals surface area contributed by atoms with Gasteiger partial charge in [0.05, 0.1) is 19.8 Å². The summed E-state index contributed by atoms with van der Waals surface area (Å²) in [6.07, 6.45) is -2.04. The number of methoxy groups -OCH3 is 1. The minimum absolute atomic E-state index is 0.276. The topological polar surface area (TPSA) is 84.4 Å². The van der Waals surface area contributed by atoms with E-state index >= 15 is 0 Å². The molecule has 3 atom stereocenters. The number of hydrogen-bond donors (Lipinski definition) is 1. The molecular weight excluding hydrogens is 479 g/mol. The fourth-order valence-corrected chi connectivity index (χ4v) is 4.08. The first-order valence-electron chi connectivity index (χ1n) is 11.7. The van der Waals surface area contributed by atoms with E-state index in [9.17, 15) is 18.0 Å². The summed E-state index contributed by atoms with van der Waals surface area (Å²) in [5.41, 5.74) is 1.94. The van der Waals surface area contributed by atoms with Crippen LogP contribution in [-0.2, 0) is 9.47 Å². The molecule has 3 heterocycles. The summed E-state index contributed by atoms with van der Waals surface area (Å²) in [5, 5.41) is 8.88. The summed E-state index contributed by atoms with van der Waals surface area (Å²) in [6, 6.07) is 11.1. The summed E-state index contributed by atoms with van der Waals surface area (Å²) in [5.74, 6) is 0.342. The molecule has 2 fully saturated rings. The molecule has 11 heteroatoms. The lowest BCUT2D eigenvalue weighted by atomic mass is 10.1. The second-order valence-corrected chi connectivity index (χ2v) is 8.69. The van der Waals surface area contributed by atoms with Crippen LogP contribution < -0.4 is 9.64 Å². The number of ether oxygens (including phenoxy) is 3. The van der Waals surface area contributed by atoms with Crippen LogP contribution in [0.5, 0.6) is 5.75 Å². The number of likely N-dealkylation sites (tertiary alicyclic amines) is 1. The van der Waals surface area contributed by atoms with Crippen molar-refractivity contribution in [3.8, 4) is 5.75 Å². The van der Waals surface area contributed by atoms with Crippen molar-refractivity contribution in [1.82, 2.24) is 9.88 Å². The number of halogens is 3.